The summed E-state index contributed by atoms with van der Waals surface area (Å²) in [5.41, 5.74) is 2.44. The normalized spacial score (nSPS) is 20.5. The minimum Gasteiger partial charge on any atom is -0.478 e. The van der Waals surface area contributed by atoms with Gasteiger partial charge in [-0.2, -0.15) is 0 Å². The second kappa shape index (κ2) is 4.03. The van der Waals surface area contributed by atoms with E-state index >= 15 is 0 Å². The van der Waals surface area contributed by atoms with Crippen LogP contribution in [0.1, 0.15) is 40.4 Å². The van der Waals surface area contributed by atoms with Crippen LogP contribution >= 0.6 is 0 Å². The van der Waals surface area contributed by atoms with Crippen LogP contribution in [-0.4, -0.2) is 17.6 Å². The first-order valence-corrected chi connectivity index (χ1v) is 5.25. The topological polar surface area (TPSA) is 49.3 Å². The number of carboxylic acid groups (broad SMARTS) is 1. The fourth-order valence-electron chi connectivity index (χ4n) is 2.11. The lowest BCUT2D eigenvalue weighted by Gasteiger charge is -2.12. The summed E-state index contributed by atoms with van der Waals surface area (Å²) < 4.78 is 0. The minimum atomic E-state index is -0.849. The molecule has 15 heavy (non-hydrogen) atoms. The van der Waals surface area contributed by atoms with Crippen molar-refractivity contribution in [1.29, 1.82) is 0 Å². The van der Waals surface area contributed by atoms with E-state index in [0.29, 0.717) is 11.6 Å². The van der Waals surface area contributed by atoms with Gasteiger partial charge in [0.1, 0.15) is 0 Å². The summed E-state index contributed by atoms with van der Waals surface area (Å²) in [6.07, 6.45) is 2.34. The van der Waals surface area contributed by atoms with Crippen LogP contribution in [-0.2, 0) is 0 Å². The van der Waals surface area contributed by atoms with Gasteiger partial charge in [-0.1, -0.05) is 12.1 Å². The Morgan fingerprint density at radius 3 is 2.87 bits per heavy atom. The number of nitrogens with one attached hydrogen (secondary N) is 1. The van der Waals surface area contributed by atoms with Gasteiger partial charge < -0.3 is 10.4 Å². The van der Waals surface area contributed by atoms with Gasteiger partial charge in [-0.3, -0.25) is 0 Å². The Kier molecular flexibility index (Phi) is 2.73. The molecular weight excluding hydrogens is 190 g/mol. The molecule has 1 fully saturated rings. The Hall–Kier alpha value is -1.35. The second-order valence-electron chi connectivity index (χ2n) is 4.03. The number of aryl methyl sites for hydroxylation is 1. The molecule has 3 heteroatoms. The van der Waals surface area contributed by atoms with Crippen molar-refractivity contribution in [2.45, 2.75) is 25.8 Å². The maximum Gasteiger partial charge on any atom is 0.335 e. The van der Waals surface area contributed by atoms with Gasteiger partial charge in [0.2, 0.25) is 0 Å². The van der Waals surface area contributed by atoms with Crippen molar-refractivity contribution in [2.75, 3.05) is 6.54 Å². The zero-order valence-corrected chi connectivity index (χ0v) is 8.79. The summed E-state index contributed by atoms with van der Waals surface area (Å²) in [7, 11) is 0. The monoisotopic (exact) mass is 205 g/mol. The van der Waals surface area contributed by atoms with Crippen molar-refractivity contribution in [3.8, 4) is 0 Å². The molecule has 0 aromatic heterocycles. The van der Waals surface area contributed by atoms with Crippen molar-refractivity contribution in [1.82, 2.24) is 5.32 Å². The SMILES string of the molecule is Cc1cc([C@H]2CCCN2)ccc1C(=O)O. The standard InChI is InChI=1S/C12H15NO2/c1-8-7-9(11-3-2-6-13-11)4-5-10(8)12(14)15/h4-5,7,11,13H,2-3,6H2,1H3,(H,14,15)/t11-/m1/s1. The summed E-state index contributed by atoms with van der Waals surface area (Å²) >= 11 is 0. The summed E-state index contributed by atoms with van der Waals surface area (Å²) in [4.78, 5) is 10.8. The maximum absolute atomic E-state index is 10.8. The molecule has 0 amide bonds. The number of aromatic carboxylic acids is 1. The Morgan fingerprint density at radius 2 is 2.33 bits per heavy atom. The van der Waals surface area contributed by atoms with Gasteiger partial charge in [0.15, 0.2) is 0 Å². The third kappa shape index (κ3) is 2.02. The maximum atomic E-state index is 10.8. The van der Waals surface area contributed by atoms with Crippen molar-refractivity contribution in [3.05, 3.63) is 34.9 Å². The molecule has 1 aliphatic heterocycles. The summed E-state index contributed by atoms with van der Waals surface area (Å²) in [6.45, 7) is 2.91. The fraction of sp³-hybridized carbons (Fsp3) is 0.417. The van der Waals surface area contributed by atoms with Gasteiger partial charge >= 0.3 is 5.97 Å². The average Bonchev–Trinajstić information content (AvgIpc) is 2.69. The van der Waals surface area contributed by atoms with Crippen LogP contribution in [0.5, 0.6) is 0 Å². The van der Waals surface area contributed by atoms with Crippen molar-refractivity contribution >= 4 is 5.97 Å². The van der Waals surface area contributed by atoms with E-state index < -0.39 is 5.97 Å². The van der Waals surface area contributed by atoms with Gasteiger partial charge in [0.25, 0.3) is 0 Å². The molecule has 1 atom stereocenters. The molecule has 2 N–H and O–H groups in total. The molecule has 0 unspecified atom stereocenters. The van der Waals surface area contributed by atoms with Gasteiger partial charge in [0, 0.05) is 6.04 Å². The Labute approximate surface area is 89.1 Å². The van der Waals surface area contributed by atoms with Crippen LogP contribution < -0.4 is 5.32 Å². The number of carbonyl (C=O) groups is 1. The van der Waals surface area contributed by atoms with Crippen LogP contribution in [0, 0.1) is 6.92 Å². The highest BCUT2D eigenvalue weighted by Gasteiger charge is 2.17. The van der Waals surface area contributed by atoms with Crippen LogP contribution in [0.25, 0.3) is 0 Å². The van der Waals surface area contributed by atoms with E-state index in [1.807, 2.05) is 19.1 Å². The fourth-order valence-corrected chi connectivity index (χ4v) is 2.11. The van der Waals surface area contributed by atoms with E-state index in [4.69, 9.17) is 5.11 Å². The molecule has 3 nitrogen and oxygen atoms in total. The summed E-state index contributed by atoms with van der Waals surface area (Å²) in [5.74, 6) is -0.849. The third-order valence-electron chi connectivity index (χ3n) is 2.94. The quantitative estimate of drug-likeness (QED) is 0.777. The van der Waals surface area contributed by atoms with Crippen LogP contribution in [0.4, 0.5) is 0 Å². The predicted octanol–water partition coefficient (Wildman–Crippen LogP) is 2.12. The van der Waals surface area contributed by atoms with E-state index in [2.05, 4.69) is 5.32 Å². The molecule has 1 heterocycles. The van der Waals surface area contributed by atoms with E-state index in [-0.39, 0.29) is 0 Å². The van der Waals surface area contributed by atoms with Gasteiger partial charge in [0.05, 0.1) is 5.56 Å². The van der Waals surface area contributed by atoms with E-state index in [1.165, 1.54) is 12.0 Å². The number of hydrogen-bond donors (Lipinski definition) is 2. The first-order chi connectivity index (χ1) is 7.18. The minimum absolute atomic E-state index is 0.400. The van der Waals surface area contributed by atoms with Gasteiger partial charge in [-0.05, 0) is 43.5 Å². The molecule has 0 spiro atoms. The first-order valence-electron chi connectivity index (χ1n) is 5.25. The Bertz CT molecular complexity index is 381. The van der Waals surface area contributed by atoms with Crippen molar-refractivity contribution in [2.24, 2.45) is 0 Å². The highest BCUT2D eigenvalue weighted by atomic mass is 16.4. The molecule has 0 saturated carbocycles. The molecule has 1 aliphatic rings. The zero-order valence-electron chi connectivity index (χ0n) is 8.79. The van der Waals surface area contributed by atoms with Crippen molar-refractivity contribution in [3.63, 3.8) is 0 Å². The lowest BCUT2D eigenvalue weighted by atomic mass is 9.99. The van der Waals surface area contributed by atoms with Gasteiger partial charge in [-0.15, -0.1) is 0 Å². The highest BCUT2D eigenvalue weighted by molar-refractivity contribution is 5.89. The molecule has 1 aromatic rings. The second-order valence-corrected chi connectivity index (χ2v) is 4.03. The predicted molar refractivity (Wildman–Crippen MR) is 58.1 cm³/mol. The lowest BCUT2D eigenvalue weighted by molar-refractivity contribution is 0.0696. The molecule has 2 rings (SSSR count). The number of carboxylic acids is 1. The average molecular weight is 205 g/mol. The molecule has 1 saturated heterocycles. The lowest BCUT2D eigenvalue weighted by Crippen LogP contribution is -2.13. The summed E-state index contributed by atoms with van der Waals surface area (Å²) in [5, 5.41) is 12.3. The molecule has 1 aromatic carbocycles. The van der Waals surface area contributed by atoms with E-state index in [1.54, 1.807) is 6.07 Å². The van der Waals surface area contributed by atoms with E-state index in [9.17, 15) is 4.79 Å². The Balaban J connectivity index is 2.28. The molecule has 0 aliphatic carbocycles. The third-order valence-corrected chi connectivity index (χ3v) is 2.94. The van der Waals surface area contributed by atoms with E-state index in [0.717, 1.165) is 18.5 Å². The van der Waals surface area contributed by atoms with Crippen LogP contribution in [0.15, 0.2) is 18.2 Å². The Morgan fingerprint density at radius 1 is 1.53 bits per heavy atom. The number of benzene rings is 1. The largest absolute Gasteiger partial charge is 0.478 e. The molecule has 0 bridgehead atoms. The number of rotatable bonds is 2. The first kappa shape index (κ1) is 10.2. The molecular formula is C12H15NO2. The van der Waals surface area contributed by atoms with Crippen molar-refractivity contribution < 1.29 is 9.90 Å². The van der Waals surface area contributed by atoms with Crippen LogP contribution in [0.2, 0.25) is 0 Å². The zero-order chi connectivity index (χ0) is 10.8. The highest BCUT2D eigenvalue weighted by Crippen LogP contribution is 2.24. The van der Waals surface area contributed by atoms with Gasteiger partial charge in [-0.25, -0.2) is 4.79 Å². The molecule has 80 valence electrons. The number of hydrogen-bond acceptors (Lipinski definition) is 2. The smallest absolute Gasteiger partial charge is 0.335 e. The molecule has 0 radical (unpaired) electrons. The van der Waals surface area contributed by atoms with Crippen LogP contribution in [0.3, 0.4) is 0 Å². The summed E-state index contributed by atoms with van der Waals surface area (Å²) in [6, 6.07) is 6.00.